The number of nitrogens with two attached hydrogens (primary N) is 1. The van der Waals surface area contributed by atoms with Gasteiger partial charge in [0.25, 0.3) is 0 Å². The summed E-state index contributed by atoms with van der Waals surface area (Å²) in [7, 11) is -3.62. The van der Waals surface area contributed by atoms with Crippen LogP contribution in [0.5, 0.6) is 0 Å². The first-order chi connectivity index (χ1) is 8.99. The van der Waals surface area contributed by atoms with Crippen LogP contribution in [0.1, 0.15) is 12.5 Å². The van der Waals surface area contributed by atoms with Crippen molar-refractivity contribution in [2.75, 3.05) is 5.32 Å². The predicted octanol–water partition coefficient (Wildman–Crippen LogP) is 1.77. The Hall–Kier alpha value is -1.79. The minimum Gasteiger partial charge on any atom is -0.381 e. The molecule has 0 aliphatic carbocycles. The van der Waals surface area contributed by atoms with Crippen molar-refractivity contribution in [3.8, 4) is 0 Å². The van der Waals surface area contributed by atoms with Crippen molar-refractivity contribution < 1.29 is 8.42 Å². The van der Waals surface area contributed by atoms with Gasteiger partial charge in [-0.15, -0.1) is 0 Å². The molecule has 0 unspecified atom stereocenters. The first-order valence-electron chi connectivity index (χ1n) is 6.00. The Morgan fingerprint density at radius 1 is 1.21 bits per heavy atom. The lowest BCUT2D eigenvalue weighted by molar-refractivity contribution is 0.598. The van der Waals surface area contributed by atoms with Gasteiger partial charge in [-0.3, -0.25) is 0 Å². The summed E-state index contributed by atoms with van der Waals surface area (Å²) < 4.78 is 24.3. The molecule has 1 aromatic heterocycles. The van der Waals surface area contributed by atoms with Crippen molar-refractivity contribution in [3.63, 3.8) is 0 Å². The predicted molar refractivity (Wildman–Crippen MR) is 75.2 cm³/mol. The first kappa shape index (κ1) is 13.6. The van der Waals surface area contributed by atoms with Crippen molar-refractivity contribution in [2.45, 2.75) is 24.9 Å². The number of nitrogens with one attached hydrogen (secondary N) is 1. The van der Waals surface area contributed by atoms with Gasteiger partial charge < -0.3 is 9.88 Å². The summed E-state index contributed by atoms with van der Waals surface area (Å²) in [5.74, 6) is 0. The van der Waals surface area contributed by atoms with E-state index < -0.39 is 10.0 Å². The fourth-order valence-corrected chi connectivity index (χ4v) is 2.27. The molecule has 6 heteroatoms. The average molecular weight is 279 g/mol. The summed E-state index contributed by atoms with van der Waals surface area (Å²) in [5, 5.41) is 8.27. The number of aryl methyl sites for hydroxylation is 1. The van der Waals surface area contributed by atoms with Crippen molar-refractivity contribution in [3.05, 3.63) is 48.3 Å². The Labute approximate surface area is 113 Å². The maximum Gasteiger partial charge on any atom is 0.238 e. The molecule has 3 N–H and O–H groups in total. The van der Waals surface area contributed by atoms with Crippen LogP contribution in [-0.2, 0) is 23.1 Å². The smallest absolute Gasteiger partial charge is 0.238 e. The van der Waals surface area contributed by atoms with Gasteiger partial charge in [0.2, 0.25) is 10.0 Å². The van der Waals surface area contributed by atoms with Gasteiger partial charge in [0.05, 0.1) is 4.90 Å². The zero-order valence-corrected chi connectivity index (χ0v) is 11.5. The molecule has 0 radical (unpaired) electrons. The van der Waals surface area contributed by atoms with Gasteiger partial charge in [-0.05, 0) is 42.8 Å². The number of anilines is 1. The molecule has 0 saturated heterocycles. The molecule has 0 aliphatic heterocycles. The molecular formula is C13H17N3O2S. The van der Waals surface area contributed by atoms with E-state index in [2.05, 4.69) is 29.1 Å². The highest BCUT2D eigenvalue weighted by molar-refractivity contribution is 7.89. The third-order valence-corrected chi connectivity index (χ3v) is 3.79. The van der Waals surface area contributed by atoms with Crippen molar-refractivity contribution in [1.29, 1.82) is 0 Å². The van der Waals surface area contributed by atoms with E-state index in [1.54, 1.807) is 12.1 Å². The van der Waals surface area contributed by atoms with Crippen LogP contribution in [-0.4, -0.2) is 13.0 Å². The molecule has 102 valence electrons. The molecule has 5 nitrogen and oxygen atoms in total. The monoisotopic (exact) mass is 279 g/mol. The summed E-state index contributed by atoms with van der Waals surface area (Å²) in [6.45, 7) is 3.73. The van der Waals surface area contributed by atoms with Crippen LogP contribution in [0.15, 0.2) is 47.6 Å². The van der Waals surface area contributed by atoms with Gasteiger partial charge in [-0.1, -0.05) is 0 Å². The number of sulfonamides is 1. The molecule has 0 bridgehead atoms. The Morgan fingerprint density at radius 2 is 1.89 bits per heavy atom. The zero-order valence-electron chi connectivity index (χ0n) is 10.7. The molecule has 2 rings (SSSR count). The zero-order chi connectivity index (χ0) is 13.9. The summed E-state index contributed by atoms with van der Waals surface area (Å²) in [6, 6.07) is 8.45. The fourth-order valence-electron chi connectivity index (χ4n) is 1.76. The summed E-state index contributed by atoms with van der Waals surface area (Å²) >= 11 is 0. The number of hydrogen-bond acceptors (Lipinski definition) is 3. The molecule has 0 fully saturated rings. The summed E-state index contributed by atoms with van der Waals surface area (Å²) in [6.07, 6.45) is 4.10. The third-order valence-electron chi connectivity index (χ3n) is 2.86. The van der Waals surface area contributed by atoms with Crippen LogP contribution < -0.4 is 10.5 Å². The molecule has 0 spiro atoms. The van der Waals surface area contributed by atoms with Crippen LogP contribution in [0.3, 0.4) is 0 Å². The molecule has 0 amide bonds. The van der Waals surface area contributed by atoms with E-state index in [4.69, 9.17) is 5.14 Å². The maximum absolute atomic E-state index is 11.1. The normalized spacial score (nSPS) is 11.5. The standard InChI is InChI=1S/C13H17N3O2S/c1-2-16-8-7-11(10-16)9-15-12-3-5-13(6-4-12)19(14,17)18/h3-8,10,15H,2,9H2,1H3,(H2,14,17,18). The molecule has 1 aromatic carbocycles. The lowest BCUT2D eigenvalue weighted by Gasteiger charge is -2.06. The fraction of sp³-hybridized carbons (Fsp3) is 0.231. The van der Waals surface area contributed by atoms with Gasteiger partial charge >= 0.3 is 0 Å². The second-order valence-corrected chi connectivity index (χ2v) is 5.83. The lowest BCUT2D eigenvalue weighted by Crippen LogP contribution is -2.11. The Bertz CT molecular complexity index is 645. The Morgan fingerprint density at radius 3 is 2.42 bits per heavy atom. The Kier molecular flexibility index (Phi) is 3.92. The third kappa shape index (κ3) is 3.59. The van der Waals surface area contributed by atoms with E-state index in [0.29, 0.717) is 6.54 Å². The van der Waals surface area contributed by atoms with Crippen LogP contribution >= 0.6 is 0 Å². The summed E-state index contributed by atoms with van der Waals surface area (Å²) in [4.78, 5) is 0.121. The molecule has 0 atom stereocenters. The molecule has 1 heterocycles. The SMILES string of the molecule is CCn1ccc(CNc2ccc(S(N)(=O)=O)cc2)c1. The van der Waals surface area contributed by atoms with Gasteiger partial charge in [0.15, 0.2) is 0 Å². The topological polar surface area (TPSA) is 77.1 Å². The van der Waals surface area contributed by atoms with E-state index in [-0.39, 0.29) is 4.90 Å². The molecule has 19 heavy (non-hydrogen) atoms. The van der Waals surface area contributed by atoms with Crippen molar-refractivity contribution in [2.24, 2.45) is 5.14 Å². The molecule has 0 aliphatic rings. The van der Waals surface area contributed by atoms with Crippen LogP contribution in [0, 0.1) is 0 Å². The minimum atomic E-state index is -3.62. The van der Waals surface area contributed by atoms with Gasteiger partial charge in [-0.25, -0.2) is 13.6 Å². The van der Waals surface area contributed by atoms with E-state index in [1.807, 2.05) is 6.20 Å². The Balaban J connectivity index is 2.00. The number of hydrogen-bond donors (Lipinski definition) is 2. The van der Waals surface area contributed by atoms with E-state index in [1.165, 1.54) is 17.7 Å². The van der Waals surface area contributed by atoms with Gasteiger partial charge in [0, 0.05) is 31.2 Å². The quantitative estimate of drug-likeness (QED) is 0.875. The first-order valence-corrected chi connectivity index (χ1v) is 7.55. The van der Waals surface area contributed by atoms with Gasteiger partial charge in [-0.2, -0.15) is 0 Å². The number of aromatic nitrogens is 1. The highest BCUT2D eigenvalue weighted by Crippen LogP contribution is 2.14. The number of rotatable bonds is 5. The van der Waals surface area contributed by atoms with E-state index >= 15 is 0 Å². The number of primary sulfonamides is 1. The number of benzene rings is 1. The largest absolute Gasteiger partial charge is 0.381 e. The molecule has 2 aromatic rings. The van der Waals surface area contributed by atoms with E-state index in [0.717, 1.165) is 12.2 Å². The van der Waals surface area contributed by atoms with Crippen LogP contribution in [0.25, 0.3) is 0 Å². The minimum absolute atomic E-state index is 0.121. The highest BCUT2D eigenvalue weighted by atomic mass is 32.2. The highest BCUT2D eigenvalue weighted by Gasteiger charge is 2.06. The lowest BCUT2D eigenvalue weighted by atomic mass is 10.3. The number of nitrogens with zero attached hydrogens (tertiary/aromatic N) is 1. The van der Waals surface area contributed by atoms with Gasteiger partial charge in [0.1, 0.15) is 0 Å². The molecular weight excluding hydrogens is 262 g/mol. The molecule has 0 saturated carbocycles. The summed E-state index contributed by atoms with van der Waals surface area (Å²) in [5.41, 5.74) is 2.04. The maximum atomic E-state index is 11.1. The average Bonchev–Trinajstić information content (AvgIpc) is 2.84. The van der Waals surface area contributed by atoms with Crippen LogP contribution in [0.2, 0.25) is 0 Å². The van der Waals surface area contributed by atoms with Crippen molar-refractivity contribution in [1.82, 2.24) is 4.57 Å². The second-order valence-electron chi connectivity index (χ2n) is 4.27. The van der Waals surface area contributed by atoms with Crippen LogP contribution in [0.4, 0.5) is 5.69 Å². The second kappa shape index (κ2) is 5.46. The van der Waals surface area contributed by atoms with Crippen molar-refractivity contribution >= 4 is 15.7 Å². The van der Waals surface area contributed by atoms with E-state index in [9.17, 15) is 8.42 Å².